The molecular formula is C27H27N3O5. The zero-order valence-electron chi connectivity index (χ0n) is 19.5. The van der Waals surface area contributed by atoms with Crippen LogP contribution in [0.4, 0.5) is 11.4 Å². The largest absolute Gasteiger partial charge is 0.465 e. The second-order valence-electron chi connectivity index (χ2n) is 8.09. The van der Waals surface area contributed by atoms with E-state index in [1.807, 2.05) is 59.5 Å². The van der Waals surface area contributed by atoms with Crippen molar-refractivity contribution >= 4 is 29.2 Å². The van der Waals surface area contributed by atoms with E-state index in [1.165, 1.54) is 25.3 Å². The molecule has 2 N–H and O–H groups in total. The van der Waals surface area contributed by atoms with Gasteiger partial charge in [0.25, 0.3) is 5.91 Å². The minimum atomic E-state index is -0.602. The van der Waals surface area contributed by atoms with Crippen molar-refractivity contribution < 1.29 is 23.9 Å². The Labute approximate surface area is 203 Å². The first-order chi connectivity index (χ1) is 17.0. The molecule has 0 bridgehead atoms. The molecule has 35 heavy (non-hydrogen) atoms. The summed E-state index contributed by atoms with van der Waals surface area (Å²) in [7, 11) is 1.27. The number of ether oxygens (including phenoxy) is 2. The third-order valence-electron chi connectivity index (χ3n) is 5.68. The summed E-state index contributed by atoms with van der Waals surface area (Å²) in [5.74, 6) is -1.25. The summed E-state index contributed by atoms with van der Waals surface area (Å²) in [5, 5.41) is 5.61. The molecule has 0 radical (unpaired) electrons. The first-order valence-corrected chi connectivity index (χ1v) is 11.3. The number of carbonyl (C=O) groups excluding carboxylic acids is 3. The number of rotatable bonds is 7. The van der Waals surface area contributed by atoms with E-state index in [0.29, 0.717) is 37.6 Å². The first kappa shape index (κ1) is 24.1. The molecule has 180 valence electrons. The molecule has 1 aliphatic heterocycles. The Morgan fingerprint density at radius 1 is 0.886 bits per heavy atom. The molecule has 1 saturated heterocycles. The van der Waals surface area contributed by atoms with Crippen LogP contribution < -0.4 is 10.6 Å². The lowest BCUT2D eigenvalue weighted by molar-refractivity contribution is -0.118. The number of carbonyl (C=O) groups is 3. The molecule has 0 aliphatic carbocycles. The average Bonchev–Trinajstić information content (AvgIpc) is 2.89. The second kappa shape index (κ2) is 11.4. The number of nitrogens with zero attached hydrogens (tertiary/aromatic N) is 1. The molecule has 0 aromatic heterocycles. The van der Waals surface area contributed by atoms with Crippen LogP contribution >= 0.6 is 0 Å². The number of nitrogens with one attached hydrogen (secondary N) is 2. The van der Waals surface area contributed by atoms with Crippen LogP contribution in [-0.4, -0.2) is 62.6 Å². The molecule has 3 aromatic carbocycles. The summed E-state index contributed by atoms with van der Waals surface area (Å²) in [4.78, 5) is 39.7. The van der Waals surface area contributed by atoms with Gasteiger partial charge in [0.2, 0.25) is 5.91 Å². The van der Waals surface area contributed by atoms with Crippen LogP contribution in [-0.2, 0) is 14.3 Å². The van der Waals surface area contributed by atoms with Crippen LogP contribution in [0.25, 0.3) is 11.1 Å². The summed E-state index contributed by atoms with van der Waals surface area (Å²) < 4.78 is 10.1. The molecular weight excluding hydrogens is 446 g/mol. The fourth-order valence-corrected chi connectivity index (χ4v) is 3.81. The Bertz CT molecular complexity index is 1190. The standard InChI is InChI=1S/C27H27N3O5/c1-34-27(33)23-12-9-21(17-24(23)29-25(31)18-30-13-15-35-16-14-30)26(32)28-22-10-7-20(8-11-22)19-5-3-2-4-6-19/h2-12,17H,13-16,18H2,1H3,(H,28,32)(H,29,31). The van der Waals surface area contributed by atoms with Crippen molar-refractivity contribution in [3.05, 3.63) is 83.9 Å². The maximum Gasteiger partial charge on any atom is 0.339 e. The zero-order chi connectivity index (χ0) is 24.6. The molecule has 1 fully saturated rings. The summed E-state index contributed by atoms with van der Waals surface area (Å²) in [6.07, 6.45) is 0. The van der Waals surface area contributed by atoms with Gasteiger partial charge in [-0.05, 0) is 41.5 Å². The Hall–Kier alpha value is -4.01. The van der Waals surface area contributed by atoms with E-state index in [1.54, 1.807) is 0 Å². The van der Waals surface area contributed by atoms with Gasteiger partial charge in [-0.25, -0.2) is 4.79 Å². The van der Waals surface area contributed by atoms with E-state index in [-0.39, 0.29) is 29.6 Å². The Kier molecular flexibility index (Phi) is 7.87. The Balaban J connectivity index is 1.48. The molecule has 8 nitrogen and oxygen atoms in total. The van der Waals surface area contributed by atoms with Gasteiger partial charge >= 0.3 is 5.97 Å². The quantitative estimate of drug-likeness (QED) is 0.509. The highest BCUT2D eigenvalue weighted by Gasteiger charge is 2.19. The predicted molar refractivity (Wildman–Crippen MR) is 134 cm³/mol. The minimum absolute atomic E-state index is 0.161. The van der Waals surface area contributed by atoms with E-state index in [0.717, 1.165) is 11.1 Å². The monoisotopic (exact) mass is 473 g/mol. The van der Waals surface area contributed by atoms with Crippen molar-refractivity contribution in [1.82, 2.24) is 4.90 Å². The number of esters is 1. The van der Waals surface area contributed by atoms with Gasteiger partial charge in [-0.3, -0.25) is 14.5 Å². The lowest BCUT2D eigenvalue weighted by Gasteiger charge is -2.26. The van der Waals surface area contributed by atoms with Gasteiger partial charge in [0.1, 0.15) is 0 Å². The van der Waals surface area contributed by atoms with Crippen molar-refractivity contribution in [2.45, 2.75) is 0 Å². The Morgan fingerprint density at radius 2 is 1.57 bits per heavy atom. The molecule has 8 heteroatoms. The number of benzene rings is 3. The van der Waals surface area contributed by atoms with Gasteiger partial charge < -0.3 is 20.1 Å². The first-order valence-electron chi connectivity index (χ1n) is 11.3. The van der Waals surface area contributed by atoms with Crippen LogP contribution in [0.5, 0.6) is 0 Å². The molecule has 3 aromatic rings. The highest BCUT2D eigenvalue weighted by Crippen LogP contribution is 2.23. The van der Waals surface area contributed by atoms with Crippen molar-refractivity contribution in [3.8, 4) is 11.1 Å². The lowest BCUT2D eigenvalue weighted by Crippen LogP contribution is -2.41. The smallest absolute Gasteiger partial charge is 0.339 e. The predicted octanol–water partition coefficient (Wildman–Crippen LogP) is 3.66. The van der Waals surface area contributed by atoms with Gasteiger partial charge in [0, 0.05) is 24.3 Å². The molecule has 4 rings (SSSR count). The van der Waals surface area contributed by atoms with Gasteiger partial charge in [-0.2, -0.15) is 0 Å². The Morgan fingerprint density at radius 3 is 2.26 bits per heavy atom. The molecule has 0 saturated carbocycles. The summed E-state index contributed by atoms with van der Waals surface area (Å²) in [6, 6.07) is 22.0. The van der Waals surface area contributed by atoms with E-state index in [9.17, 15) is 14.4 Å². The summed E-state index contributed by atoms with van der Waals surface area (Å²) >= 11 is 0. The normalized spacial score (nSPS) is 13.6. The zero-order valence-corrected chi connectivity index (χ0v) is 19.5. The number of hydrogen-bond acceptors (Lipinski definition) is 6. The highest BCUT2D eigenvalue weighted by atomic mass is 16.5. The van der Waals surface area contributed by atoms with Gasteiger partial charge in [-0.1, -0.05) is 42.5 Å². The number of anilines is 2. The third kappa shape index (κ3) is 6.32. The topological polar surface area (TPSA) is 97.0 Å². The van der Waals surface area contributed by atoms with Crippen molar-refractivity contribution in [2.24, 2.45) is 0 Å². The van der Waals surface area contributed by atoms with Crippen LogP contribution in [0.3, 0.4) is 0 Å². The van der Waals surface area contributed by atoms with E-state index < -0.39 is 5.97 Å². The van der Waals surface area contributed by atoms with Crippen LogP contribution in [0, 0.1) is 0 Å². The van der Waals surface area contributed by atoms with Gasteiger partial charge in [-0.15, -0.1) is 0 Å². The van der Waals surface area contributed by atoms with Gasteiger partial charge in [0.05, 0.1) is 38.1 Å². The fourth-order valence-electron chi connectivity index (χ4n) is 3.81. The number of morpholine rings is 1. The molecule has 0 atom stereocenters. The highest BCUT2D eigenvalue weighted by molar-refractivity contribution is 6.08. The SMILES string of the molecule is COC(=O)c1ccc(C(=O)Nc2ccc(-c3ccccc3)cc2)cc1NC(=O)CN1CCOCC1. The van der Waals surface area contributed by atoms with Crippen LogP contribution in [0.15, 0.2) is 72.8 Å². The molecule has 0 spiro atoms. The maximum atomic E-state index is 12.9. The second-order valence-corrected chi connectivity index (χ2v) is 8.09. The molecule has 2 amide bonds. The van der Waals surface area contributed by atoms with E-state index in [4.69, 9.17) is 9.47 Å². The number of amides is 2. The molecule has 1 heterocycles. The molecule has 1 aliphatic rings. The average molecular weight is 474 g/mol. The van der Waals surface area contributed by atoms with Crippen molar-refractivity contribution in [1.29, 1.82) is 0 Å². The third-order valence-corrected chi connectivity index (χ3v) is 5.68. The number of hydrogen-bond donors (Lipinski definition) is 2. The summed E-state index contributed by atoms with van der Waals surface area (Å²) in [5.41, 5.74) is 3.45. The maximum absolute atomic E-state index is 12.9. The lowest BCUT2D eigenvalue weighted by atomic mass is 10.1. The van der Waals surface area contributed by atoms with Crippen LogP contribution in [0.2, 0.25) is 0 Å². The fraction of sp³-hybridized carbons (Fsp3) is 0.222. The van der Waals surface area contributed by atoms with Crippen LogP contribution in [0.1, 0.15) is 20.7 Å². The van der Waals surface area contributed by atoms with E-state index >= 15 is 0 Å². The van der Waals surface area contributed by atoms with Crippen molar-refractivity contribution in [3.63, 3.8) is 0 Å². The number of methoxy groups -OCH3 is 1. The van der Waals surface area contributed by atoms with E-state index in [2.05, 4.69) is 10.6 Å². The minimum Gasteiger partial charge on any atom is -0.465 e. The molecule has 0 unspecified atom stereocenters. The van der Waals surface area contributed by atoms with Crippen molar-refractivity contribution in [2.75, 3.05) is 50.6 Å². The summed E-state index contributed by atoms with van der Waals surface area (Å²) in [6.45, 7) is 2.62. The van der Waals surface area contributed by atoms with Gasteiger partial charge in [0.15, 0.2) is 0 Å².